The van der Waals surface area contributed by atoms with Crippen LogP contribution in [-0.4, -0.2) is 96.5 Å². The number of carbonyl (C=O) groups excluding carboxylic acids is 1. The van der Waals surface area contributed by atoms with Gasteiger partial charge in [0.15, 0.2) is 11.8 Å². The number of aliphatic hydroxyl groups excluding tert-OH is 1. The first kappa shape index (κ1) is 29.3. The predicted octanol–water partition coefficient (Wildman–Crippen LogP) is 2.32. The van der Waals surface area contributed by atoms with Crippen LogP contribution in [0.15, 0.2) is 54.6 Å². The molecule has 4 heterocycles. The monoisotopic (exact) mass is 609 g/mol. The molecule has 2 aliphatic rings. The van der Waals surface area contributed by atoms with Gasteiger partial charge >= 0.3 is 0 Å². The van der Waals surface area contributed by atoms with Crippen LogP contribution in [0, 0.1) is 0 Å². The Bertz CT molecular complexity index is 1550. The summed E-state index contributed by atoms with van der Waals surface area (Å²) >= 11 is 6.61. The van der Waals surface area contributed by atoms with Crippen LogP contribution in [0.25, 0.3) is 33.5 Å². The first-order chi connectivity index (χ1) is 21.0. The van der Waals surface area contributed by atoms with E-state index in [2.05, 4.69) is 20.3 Å². The van der Waals surface area contributed by atoms with Crippen molar-refractivity contribution in [2.75, 3.05) is 46.1 Å². The number of rotatable bonds is 12. The number of H-pyrrole nitrogens is 1. The summed E-state index contributed by atoms with van der Waals surface area (Å²) in [6.45, 7) is 1.96. The summed E-state index contributed by atoms with van der Waals surface area (Å²) < 4.78 is 28.1. The van der Waals surface area contributed by atoms with Crippen LogP contribution in [0.4, 0.5) is 0 Å². The van der Waals surface area contributed by atoms with Crippen molar-refractivity contribution in [3.8, 4) is 34.1 Å². The molecule has 6 rings (SSSR count). The van der Waals surface area contributed by atoms with Crippen molar-refractivity contribution >= 4 is 28.7 Å². The summed E-state index contributed by atoms with van der Waals surface area (Å²) in [7, 11) is 0. The van der Waals surface area contributed by atoms with Gasteiger partial charge < -0.3 is 44.8 Å². The van der Waals surface area contributed by atoms with Crippen LogP contribution in [-0.2, 0) is 19.0 Å². The first-order valence-electron chi connectivity index (χ1n) is 14.0. The molecule has 2 aliphatic heterocycles. The Labute approximate surface area is 252 Å². The molecule has 226 valence electrons. The Hall–Kier alpha value is -3.78. The highest BCUT2D eigenvalue weighted by Gasteiger charge is 2.48. The summed E-state index contributed by atoms with van der Waals surface area (Å²) in [5, 5.41) is 13.2. The first-order valence-corrected chi connectivity index (χ1v) is 14.4. The van der Waals surface area contributed by atoms with E-state index < -0.39 is 6.10 Å². The number of imidazole rings is 1. The van der Waals surface area contributed by atoms with E-state index in [0.29, 0.717) is 60.5 Å². The van der Waals surface area contributed by atoms with E-state index in [-0.39, 0.29) is 43.4 Å². The number of ether oxygens (including phenoxy) is 5. The minimum atomic E-state index is -0.651. The summed E-state index contributed by atoms with van der Waals surface area (Å²) in [6.07, 6.45) is -1.77. The molecule has 12 nitrogen and oxygen atoms in total. The van der Waals surface area contributed by atoms with Crippen molar-refractivity contribution in [1.29, 1.82) is 0 Å². The van der Waals surface area contributed by atoms with Crippen LogP contribution < -0.4 is 20.5 Å². The molecule has 43 heavy (non-hydrogen) atoms. The van der Waals surface area contributed by atoms with Crippen LogP contribution in [0.1, 0.15) is 0 Å². The zero-order valence-corrected chi connectivity index (χ0v) is 24.0. The lowest BCUT2D eigenvalue weighted by Gasteiger charge is -2.15. The van der Waals surface area contributed by atoms with Gasteiger partial charge in [0.05, 0.1) is 42.6 Å². The Morgan fingerprint density at radius 1 is 1.02 bits per heavy atom. The fourth-order valence-corrected chi connectivity index (χ4v) is 5.33. The maximum Gasteiger partial charge on any atom is 0.296 e. The molecule has 13 heteroatoms. The lowest BCUT2D eigenvalue weighted by Crippen LogP contribution is -2.34. The molecule has 0 unspecified atom stereocenters. The molecule has 0 radical (unpaired) electrons. The number of aromatic nitrogens is 3. The highest BCUT2D eigenvalue weighted by atomic mass is 35.5. The van der Waals surface area contributed by atoms with Gasteiger partial charge in [0.25, 0.3) is 6.01 Å². The molecule has 0 spiro atoms. The van der Waals surface area contributed by atoms with Gasteiger partial charge in [-0.25, -0.2) is 4.98 Å². The second-order valence-electron chi connectivity index (χ2n) is 10.2. The van der Waals surface area contributed by atoms with E-state index in [9.17, 15) is 9.90 Å². The minimum absolute atomic E-state index is 0.0130. The van der Waals surface area contributed by atoms with Gasteiger partial charge in [0, 0.05) is 12.1 Å². The number of nitrogens with two attached hydrogens (primary N) is 1. The third-order valence-corrected chi connectivity index (χ3v) is 7.47. The number of aromatic amines is 1. The van der Waals surface area contributed by atoms with Gasteiger partial charge in [0.2, 0.25) is 5.91 Å². The van der Waals surface area contributed by atoms with E-state index in [0.717, 1.165) is 16.7 Å². The van der Waals surface area contributed by atoms with Crippen molar-refractivity contribution < 1.29 is 33.6 Å². The number of nitrogens with one attached hydrogen (secondary N) is 2. The lowest BCUT2D eigenvalue weighted by molar-refractivity contribution is -0.125. The SMILES string of the molecule is NCCOCC(=O)NCCOc1ccc(-c2ccc(-c3nc4nc(O[C@@H]5CO[C@H]6[C@@H]5OC[C@H]6O)[nH]c4cc3Cl)cc2)cc1. The summed E-state index contributed by atoms with van der Waals surface area (Å²) in [5.41, 5.74) is 9.93. The lowest BCUT2D eigenvalue weighted by atomic mass is 10.0. The van der Waals surface area contributed by atoms with Crippen LogP contribution in [0.5, 0.6) is 11.8 Å². The van der Waals surface area contributed by atoms with Crippen molar-refractivity contribution in [3.63, 3.8) is 0 Å². The quantitative estimate of drug-likeness (QED) is 0.175. The van der Waals surface area contributed by atoms with Gasteiger partial charge in [-0.2, -0.15) is 4.98 Å². The molecule has 0 bridgehead atoms. The normalized spacial score (nSPS) is 21.2. The molecule has 0 saturated carbocycles. The maximum atomic E-state index is 11.7. The van der Waals surface area contributed by atoms with E-state index in [1.54, 1.807) is 6.07 Å². The van der Waals surface area contributed by atoms with E-state index in [4.69, 9.17) is 41.0 Å². The van der Waals surface area contributed by atoms with Crippen LogP contribution >= 0.6 is 11.6 Å². The van der Waals surface area contributed by atoms with Crippen LogP contribution in [0.3, 0.4) is 0 Å². The number of fused-ring (bicyclic) bond motifs is 2. The van der Waals surface area contributed by atoms with Gasteiger partial charge in [-0.05, 0) is 29.3 Å². The van der Waals surface area contributed by atoms with Gasteiger partial charge in [0.1, 0.15) is 37.3 Å². The van der Waals surface area contributed by atoms with Crippen molar-refractivity contribution in [2.24, 2.45) is 5.73 Å². The largest absolute Gasteiger partial charge is 0.492 e. The average molecular weight is 610 g/mol. The average Bonchev–Trinajstić information content (AvgIpc) is 3.72. The van der Waals surface area contributed by atoms with Crippen molar-refractivity contribution in [3.05, 3.63) is 59.6 Å². The molecular formula is C30H32ClN5O7. The van der Waals surface area contributed by atoms with E-state index >= 15 is 0 Å². The molecule has 4 atom stereocenters. The summed E-state index contributed by atoms with van der Waals surface area (Å²) in [5.74, 6) is 0.499. The van der Waals surface area contributed by atoms with Gasteiger partial charge in [-0.1, -0.05) is 48.0 Å². The predicted molar refractivity (Wildman–Crippen MR) is 158 cm³/mol. The number of hydrogen-bond acceptors (Lipinski definition) is 10. The Morgan fingerprint density at radius 2 is 1.74 bits per heavy atom. The Kier molecular flexibility index (Phi) is 9.03. The third-order valence-electron chi connectivity index (χ3n) is 7.18. The minimum Gasteiger partial charge on any atom is -0.492 e. The molecule has 2 aromatic carbocycles. The number of hydrogen-bond donors (Lipinski definition) is 4. The second-order valence-corrected chi connectivity index (χ2v) is 10.6. The third kappa shape index (κ3) is 6.74. The fourth-order valence-electron chi connectivity index (χ4n) is 5.07. The second kappa shape index (κ2) is 13.2. The summed E-state index contributed by atoms with van der Waals surface area (Å²) in [6, 6.07) is 17.7. The molecule has 2 fully saturated rings. The Balaban J connectivity index is 1.06. The number of amides is 1. The van der Waals surface area contributed by atoms with E-state index in [1.807, 2.05) is 48.5 Å². The topological polar surface area (TPSA) is 163 Å². The molecule has 2 aromatic heterocycles. The molecular weight excluding hydrogens is 578 g/mol. The molecule has 2 saturated heterocycles. The Morgan fingerprint density at radius 3 is 2.51 bits per heavy atom. The molecule has 0 aliphatic carbocycles. The number of halogens is 1. The smallest absolute Gasteiger partial charge is 0.296 e. The van der Waals surface area contributed by atoms with Gasteiger partial charge in [-0.15, -0.1) is 0 Å². The zero-order valence-electron chi connectivity index (χ0n) is 23.2. The maximum absolute atomic E-state index is 11.7. The van der Waals surface area contributed by atoms with Crippen LogP contribution in [0.2, 0.25) is 5.02 Å². The number of nitrogens with zero attached hydrogens (tertiary/aromatic N) is 2. The number of benzene rings is 2. The molecule has 4 aromatic rings. The van der Waals surface area contributed by atoms with Crippen molar-refractivity contribution in [2.45, 2.75) is 24.4 Å². The standard InChI is InChI=1S/C30H32ClN5O7/c31-21-13-22-29(36-30(34-22)43-24-15-42-27-23(37)14-41-28(24)27)35-26(21)19-3-1-17(2-4-19)18-5-7-20(8-6-18)40-12-10-33-25(38)16-39-11-9-32/h1-8,13,23-24,27-28,37H,9-12,14-16,32H2,(H,33,38)(H,34,35,36)/t23-,24-,27-,28-/m1/s1. The summed E-state index contributed by atoms with van der Waals surface area (Å²) in [4.78, 5) is 23.9. The highest BCUT2D eigenvalue weighted by molar-refractivity contribution is 6.33. The number of aliphatic hydroxyl groups is 1. The number of pyridine rings is 1. The zero-order chi connectivity index (χ0) is 29.8. The number of carbonyl (C=O) groups is 1. The molecule has 5 N–H and O–H groups in total. The fraction of sp³-hybridized carbons (Fsp3) is 0.367. The molecule has 1 amide bonds. The van der Waals surface area contributed by atoms with E-state index in [1.165, 1.54) is 0 Å². The van der Waals surface area contributed by atoms with Gasteiger partial charge in [-0.3, -0.25) is 4.79 Å². The van der Waals surface area contributed by atoms with Crippen molar-refractivity contribution in [1.82, 2.24) is 20.3 Å². The highest BCUT2D eigenvalue weighted by Crippen LogP contribution is 2.33.